The van der Waals surface area contributed by atoms with Crippen LogP contribution in [0.25, 0.3) is 0 Å². The van der Waals surface area contributed by atoms with Crippen LogP contribution >= 0.6 is 11.3 Å². The van der Waals surface area contributed by atoms with Crippen molar-refractivity contribution in [3.8, 4) is 5.75 Å². The molecule has 6 nitrogen and oxygen atoms in total. The Kier molecular flexibility index (Phi) is 4.73. The highest BCUT2D eigenvalue weighted by molar-refractivity contribution is 7.89. The van der Waals surface area contributed by atoms with Crippen molar-refractivity contribution in [3.63, 3.8) is 0 Å². The van der Waals surface area contributed by atoms with E-state index in [0.717, 1.165) is 19.3 Å². The van der Waals surface area contributed by atoms with Crippen molar-refractivity contribution in [3.05, 3.63) is 45.6 Å². The molecule has 1 amide bonds. The van der Waals surface area contributed by atoms with Crippen molar-refractivity contribution < 1.29 is 17.9 Å². The van der Waals surface area contributed by atoms with Crippen LogP contribution in [0.2, 0.25) is 0 Å². The molecule has 1 saturated carbocycles. The van der Waals surface area contributed by atoms with E-state index in [2.05, 4.69) is 16.2 Å². The number of thiophene rings is 1. The van der Waals surface area contributed by atoms with Gasteiger partial charge in [0.15, 0.2) is 0 Å². The fraction of sp³-hybridized carbons (Fsp3) is 0.421. The van der Waals surface area contributed by atoms with Gasteiger partial charge in [-0.2, -0.15) is 0 Å². The average Bonchev–Trinajstić information content (AvgIpc) is 3.32. The molecule has 2 heterocycles. The van der Waals surface area contributed by atoms with E-state index in [0.29, 0.717) is 12.1 Å². The second-order valence-corrected chi connectivity index (χ2v) is 9.67. The Morgan fingerprint density at radius 3 is 2.78 bits per heavy atom. The monoisotopic (exact) mass is 406 g/mol. The maximum Gasteiger partial charge on any atom is 0.254 e. The molecule has 1 N–H and O–H groups in total. The molecule has 1 atom stereocenters. The molecule has 0 radical (unpaired) electrons. The third-order valence-corrected chi connectivity index (χ3v) is 7.68. The standard InChI is InChI=1S/C19H22N2O4S2/c1-12-15-8-10-26-17(15)7-9-21(12)19(22)13-3-6-16(25-2)18(11-13)27(23,24)20-14-4-5-14/h3,6,8,10-12,14,20H,4-5,7,9H2,1-2H3/t12-/m1/s1. The van der Waals surface area contributed by atoms with Gasteiger partial charge in [0.2, 0.25) is 10.0 Å². The molecule has 1 fully saturated rings. The minimum Gasteiger partial charge on any atom is -0.495 e. The van der Waals surface area contributed by atoms with E-state index < -0.39 is 10.0 Å². The van der Waals surface area contributed by atoms with Crippen molar-refractivity contribution in [2.24, 2.45) is 0 Å². The van der Waals surface area contributed by atoms with Crippen molar-refractivity contribution >= 4 is 27.3 Å². The number of amides is 1. The summed E-state index contributed by atoms with van der Waals surface area (Å²) in [5.74, 6) is 0.0800. The molecule has 1 aliphatic carbocycles. The van der Waals surface area contributed by atoms with E-state index in [1.54, 1.807) is 23.5 Å². The van der Waals surface area contributed by atoms with Crippen LogP contribution in [0.1, 0.15) is 46.6 Å². The summed E-state index contributed by atoms with van der Waals surface area (Å²) in [7, 11) is -2.30. The minimum absolute atomic E-state index is 0.0156. The second-order valence-electron chi connectivity index (χ2n) is 6.98. The molecule has 0 bridgehead atoms. The molecule has 144 valence electrons. The molecule has 0 spiro atoms. The van der Waals surface area contributed by atoms with Gasteiger partial charge >= 0.3 is 0 Å². The lowest BCUT2D eigenvalue weighted by molar-refractivity contribution is 0.0679. The number of nitrogens with one attached hydrogen (secondary N) is 1. The molecule has 0 saturated heterocycles. The van der Waals surface area contributed by atoms with E-state index >= 15 is 0 Å². The van der Waals surface area contributed by atoms with Gasteiger partial charge in [0.05, 0.1) is 13.2 Å². The van der Waals surface area contributed by atoms with Crippen LogP contribution in [0.15, 0.2) is 34.5 Å². The van der Waals surface area contributed by atoms with Crippen molar-refractivity contribution in [2.45, 2.75) is 43.2 Å². The number of carbonyl (C=O) groups is 1. The van der Waals surface area contributed by atoms with Crippen LogP contribution in [-0.2, 0) is 16.4 Å². The summed E-state index contributed by atoms with van der Waals surface area (Å²) < 4.78 is 33.3. The van der Waals surface area contributed by atoms with Gasteiger partial charge in [-0.25, -0.2) is 13.1 Å². The van der Waals surface area contributed by atoms with Gasteiger partial charge in [0, 0.05) is 23.0 Å². The third-order valence-electron chi connectivity index (χ3n) is 5.14. The number of sulfonamides is 1. The van der Waals surface area contributed by atoms with Crippen LogP contribution < -0.4 is 9.46 Å². The maximum absolute atomic E-state index is 13.1. The number of hydrogen-bond acceptors (Lipinski definition) is 5. The molecule has 8 heteroatoms. The third kappa shape index (κ3) is 3.49. The zero-order chi connectivity index (χ0) is 19.2. The van der Waals surface area contributed by atoms with Gasteiger partial charge < -0.3 is 9.64 Å². The predicted molar refractivity (Wildman–Crippen MR) is 104 cm³/mol. The van der Waals surface area contributed by atoms with Gasteiger partial charge in [0.25, 0.3) is 5.91 Å². The zero-order valence-corrected chi connectivity index (χ0v) is 16.9. The number of rotatable bonds is 5. The van der Waals surface area contributed by atoms with E-state index in [1.807, 2.05) is 11.8 Å². The molecule has 1 aromatic carbocycles. The van der Waals surface area contributed by atoms with Crippen LogP contribution in [-0.4, -0.2) is 38.9 Å². The first-order valence-corrected chi connectivity index (χ1v) is 11.3. The number of methoxy groups -OCH3 is 1. The maximum atomic E-state index is 13.1. The molecule has 0 unspecified atom stereocenters. The Bertz CT molecular complexity index is 979. The van der Waals surface area contributed by atoms with Crippen molar-refractivity contribution in [1.82, 2.24) is 9.62 Å². The Morgan fingerprint density at radius 1 is 1.30 bits per heavy atom. The van der Waals surface area contributed by atoms with Crippen LogP contribution in [0.4, 0.5) is 0 Å². The van der Waals surface area contributed by atoms with Gasteiger partial charge in [-0.1, -0.05) is 0 Å². The quantitative estimate of drug-likeness (QED) is 0.828. The number of carbonyl (C=O) groups excluding carboxylic acids is 1. The highest BCUT2D eigenvalue weighted by Crippen LogP contribution is 2.35. The van der Waals surface area contributed by atoms with Gasteiger partial charge in [-0.15, -0.1) is 11.3 Å². The number of hydrogen-bond donors (Lipinski definition) is 1. The molecular weight excluding hydrogens is 384 g/mol. The molecule has 2 aliphatic rings. The van der Waals surface area contributed by atoms with Crippen molar-refractivity contribution in [2.75, 3.05) is 13.7 Å². The second kappa shape index (κ2) is 6.92. The van der Waals surface area contributed by atoms with E-state index in [-0.39, 0.29) is 28.6 Å². The average molecular weight is 407 g/mol. The summed E-state index contributed by atoms with van der Waals surface area (Å²) in [5.41, 5.74) is 1.54. The lowest BCUT2D eigenvalue weighted by atomic mass is 10.0. The summed E-state index contributed by atoms with van der Waals surface area (Å²) in [5, 5.41) is 2.05. The topological polar surface area (TPSA) is 75.7 Å². The molecule has 27 heavy (non-hydrogen) atoms. The summed E-state index contributed by atoms with van der Waals surface area (Å²) >= 11 is 1.72. The first-order valence-electron chi connectivity index (χ1n) is 8.98. The molecular formula is C19H22N2O4S2. The van der Waals surface area contributed by atoms with Crippen LogP contribution in [0.3, 0.4) is 0 Å². The van der Waals surface area contributed by atoms with Crippen LogP contribution in [0.5, 0.6) is 5.75 Å². The van der Waals surface area contributed by atoms with Gasteiger partial charge in [-0.05, 0) is 61.4 Å². The van der Waals surface area contributed by atoms with E-state index in [4.69, 9.17) is 4.74 Å². The Labute approximate surface area is 163 Å². The van der Waals surface area contributed by atoms with E-state index in [9.17, 15) is 13.2 Å². The lowest BCUT2D eigenvalue weighted by Crippen LogP contribution is -2.38. The number of benzene rings is 1. The number of nitrogens with zero attached hydrogens (tertiary/aromatic N) is 1. The predicted octanol–water partition coefficient (Wildman–Crippen LogP) is 2.96. The summed E-state index contributed by atoms with van der Waals surface area (Å²) in [6.07, 6.45) is 2.51. The highest BCUT2D eigenvalue weighted by Gasteiger charge is 2.32. The normalized spacial score (nSPS) is 19.6. The number of fused-ring (bicyclic) bond motifs is 1. The first-order chi connectivity index (χ1) is 12.9. The largest absolute Gasteiger partial charge is 0.495 e. The number of ether oxygens (including phenoxy) is 1. The van der Waals surface area contributed by atoms with Crippen molar-refractivity contribution in [1.29, 1.82) is 0 Å². The fourth-order valence-corrected chi connectivity index (χ4v) is 5.92. The van der Waals surface area contributed by atoms with Gasteiger partial charge in [0.1, 0.15) is 10.6 Å². The Hall–Kier alpha value is -1.90. The summed E-state index contributed by atoms with van der Waals surface area (Å²) in [6.45, 7) is 2.64. The molecule has 1 aromatic heterocycles. The first kappa shape index (κ1) is 18.5. The minimum atomic E-state index is -3.72. The lowest BCUT2D eigenvalue weighted by Gasteiger charge is -2.33. The summed E-state index contributed by atoms with van der Waals surface area (Å²) in [6, 6.07) is 6.64. The smallest absolute Gasteiger partial charge is 0.254 e. The summed E-state index contributed by atoms with van der Waals surface area (Å²) in [4.78, 5) is 16.3. The molecule has 4 rings (SSSR count). The fourth-order valence-electron chi connectivity index (χ4n) is 3.46. The molecule has 1 aliphatic heterocycles. The SMILES string of the molecule is COc1ccc(C(=O)N2CCc3sccc3[C@H]2C)cc1S(=O)(=O)NC1CC1. The Balaban J connectivity index is 1.66. The Morgan fingerprint density at radius 2 is 2.07 bits per heavy atom. The highest BCUT2D eigenvalue weighted by atomic mass is 32.2. The van der Waals surface area contributed by atoms with Gasteiger partial charge in [-0.3, -0.25) is 4.79 Å². The van der Waals surface area contributed by atoms with Crippen LogP contribution in [0, 0.1) is 0 Å². The molecule has 2 aromatic rings. The zero-order valence-electron chi connectivity index (χ0n) is 15.3. The van der Waals surface area contributed by atoms with E-state index in [1.165, 1.54) is 23.6 Å².